The molecule has 0 spiro atoms. The van der Waals surface area contributed by atoms with E-state index in [-0.39, 0.29) is 11.7 Å². The fourth-order valence-electron chi connectivity index (χ4n) is 6.72. The number of hydrogen-bond donors (Lipinski definition) is 0. The molecule has 4 rings (SSSR count). The highest BCUT2D eigenvalue weighted by Crippen LogP contribution is 2.42. The van der Waals surface area contributed by atoms with Gasteiger partial charge in [0.2, 0.25) is 5.82 Å². The van der Waals surface area contributed by atoms with E-state index in [0.717, 1.165) is 42.9 Å². The van der Waals surface area contributed by atoms with Gasteiger partial charge in [0.25, 0.3) is 0 Å². The number of benzene rings is 1. The van der Waals surface area contributed by atoms with Gasteiger partial charge in [-0.15, -0.1) is 0 Å². The summed E-state index contributed by atoms with van der Waals surface area (Å²) in [4.78, 5) is 0. The standard InChI is InChI=1S/C32H46F2O/c1-3-5-29-20-21-30(32(34)31(29)33)35-22-26-10-8-24(9-11-26)6-7-25-14-18-28(19-15-25)27-16-12-23(4-2)13-17-27/h6-8,10,20-21,23-28H,3-5,9,11-19,22H2,1-2H3/b7-6+. The van der Waals surface area contributed by atoms with Crippen LogP contribution in [-0.2, 0) is 6.42 Å². The smallest absolute Gasteiger partial charge is 0.200 e. The van der Waals surface area contributed by atoms with Crippen LogP contribution in [0, 0.1) is 47.1 Å². The van der Waals surface area contributed by atoms with Gasteiger partial charge in [0.1, 0.15) is 0 Å². The van der Waals surface area contributed by atoms with Crippen molar-refractivity contribution in [3.8, 4) is 5.75 Å². The van der Waals surface area contributed by atoms with Crippen LogP contribution in [0.25, 0.3) is 0 Å². The zero-order valence-electron chi connectivity index (χ0n) is 22.0. The molecule has 0 amide bonds. The van der Waals surface area contributed by atoms with E-state index in [4.69, 9.17) is 4.74 Å². The molecule has 3 heteroatoms. The molecule has 35 heavy (non-hydrogen) atoms. The van der Waals surface area contributed by atoms with Crippen LogP contribution in [0.5, 0.6) is 5.75 Å². The Balaban J connectivity index is 1.17. The number of ether oxygens (including phenoxy) is 1. The first-order chi connectivity index (χ1) is 17.1. The number of allylic oxidation sites excluding steroid dienone is 3. The topological polar surface area (TPSA) is 9.23 Å². The Morgan fingerprint density at radius 2 is 1.51 bits per heavy atom. The van der Waals surface area contributed by atoms with Gasteiger partial charge in [-0.2, -0.15) is 4.39 Å². The van der Waals surface area contributed by atoms with Crippen LogP contribution in [0.15, 0.2) is 36.4 Å². The van der Waals surface area contributed by atoms with Crippen LogP contribution in [0.4, 0.5) is 8.78 Å². The Morgan fingerprint density at radius 3 is 2.14 bits per heavy atom. The summed E-state index contributed by atoms with van der Waals surface area (Å²) in [5.74, 6) is 2.92. The van der Waals surface area contributed by atoms with Crippen molar-refractivity contribution < 1.29 is 13.5 Å². The molecule has 3 aliphatic rings. The van der Waals surface area contributed by atoms with Gasteiger partial charge >= 0.3 is 0 Å². The lowest BCUT2D eigenvalue weighted by atomic mass is 9.69. The molecule has 0 aromatic heterocycles. The highest BCUT2D eigenvalue weighted by molar-refractivity contribution is 5.31. The summed E-state index contributed by atoms with van der Waals surface area (Å²) in [6, 6.07) is 3.23. The van der Waals surface area contributed by atoms with Crippen LogP contribution in [0.1, 0.15) is 96.5 Å². The fraction of sp³-hybridized carbons (Fsp3) is 0.688. The molecule has 0 radical (unpaired) electrons. The molecule has 0 bridgehead atoms. The SMILES string of the molecule is CCCc1ccc(OCC2C=CC(/C=C/C3CCC(C4CCC(CC)CC4)CC3)CC2)c(F)c1F. The van der Waals surface area contributed by atoms with Gasteiger partial charge in [-0.3, -0.25) is 0 Å². The minimum absolute atomic E-state index is 0.0341. The molecule has 1 aromatic carbocycles. The van der Waals surface area contributed by atoms with Crippen LogP contribution in [0.2, 0.25) is 0 Å². The van der Waals surface area contributed by atoms with E-state index < -0.39 is 11.6 Å². The van der Waals surface area contributed by atoms with Crippen LogP contribution in [-0.4, -0.2) is 6.61 Å². The molecular weight excluding hydrogens is 438 g/mol. The maximum absolute atomic E-state index is 14.3. The van der Waals surface area contributed by atoms with Gasteiger partial charge in [-0.1, -0.05) is 69.9 Å². The number of halogens is 2. The summed E-state index contributed by atoms with van der Waals surface area (Å²) in [5, 5.41) is 0. The first kappa shape index (κ1) is 26.4. The second-order valence-corrected chi connectivity index (χ2v) is 11.5. The predicted octanol–water partition coefficient (Wildman–Crippen LogP) is 9.46. The zero-order valence-corrected chi connectivity index (χ0v) is 22.0. The van der Waals surface area contributed by atoms with E-state index in [0.29, 0.717) is 24.5 Å². The molecule has 0 heterocycles. The van der Waals surface area contributed by atoms with Crippen LogP contribution >= 0.6 is 0 Å². The predicted molar refractivity (Wildman–Crippen MR) is 142 cm³/mol. The minimum Gasteiger partial charge on any atom is -0.490 e. The maximum atomic E-state index is 14.3. The molecule has 2 atom stereocenters. The maximum Gasteiger partial charge on any atom is 0.200 e. The van der Waals surface area contributed by atoms with Gasteiger partial charge in [0.15, 0.2) is 11.6 Å². The third-order valence-corrected chi connectivity index (χ3v) is 9.18. The number of hydrogen-bond acceptors (Lipinski definition) is 1. The Morgan fingerprint density at radius 1 is 0.800 bits per heavy atom. The quantitative estimate of drug-likeness (QED) is 0.317. The second kappa shape index (κ2) is 13.1. The molecular formula is C32H46F2O. The van der Waals surface area contributed by atoms with Crippen molar-refractivity contribution in [3.05, 3.63) is 53.6 Å². The van der Waals surface area contributed by atoms with E-state index in [2.05, 4.69) is 31.2 Å². The first-order valence-electron chi connectivity index (χ1n) is 14.5. The van der Waals surface area contributed by atoms with Crippen LogP contribution in [0.3, 0.4) is 0 Å². The molecule has 0 N–H and O–H groups in total. The van der Waals surface area contributed by atoms with E-state index in [9.17, 15) is 8.78 Å². The molecule has 0 saturated heterocycles. The third kappa shape index (κ3) is 7.20. The average molecular weight is 485 g/mol. The van der Waals surface area contributed by atoms with Crippen LogP contribution < -0.4 is 4.74 Å². The van der Waals surface area contributed by atoms with E-state index in [1.807, 2.05) is 6.92 Å². The van der Waals surface area contributed by atoms with Crippen molar-refractivity contribution in [2.45, 2.75) is 97.3 Å². The van der Waals surface area contributed by atoms with Gasteiger partial charge in [-0.25, -0.2) is 4.39 Å². The Bertz CT molecular complexity index is 843. The molecule has 1 aromatic rings. The normalized spacial score (nSPS) is 31.7. The molecule has 2 unspecified atom stereocenters. The summed E-state index contributed by atoms with van der Waals surface area (Å²) >= 11 is 0. The van der Waals surface area contributed by atoms with Crippen molar-refractivity contribution in [3.63, 3.8) is 0 Å². The summed E-state index contributed by atoms with van der Waals surface area (Å²) in [5.41, 5.74) is 0.428. The summed E-state index contributed by atoms with van der Waals surface area (Å²) in [6.07, 6.45) is 25.7. The third-order valence-electron chi connectivity index (χ3n) is 9.18. The van der Waals surface area contributed by atoms with Gasteiger partial charge in [-0.05, 0) is 99.0 Å². The summed E-state index contributed by atoms with van der Waals surface area (Å²) in [7, 11) is 0. The van der Waals surface area contributed by atoms with Crippen molar-refractivity contribution in [1.29, 1.82) is 0 Å². The summed E-state index contributed by atoms with van der Waals surface area (Å²) < 4.78 is 34.2. The van der Waals surface area contributed by atoms with Crippen molar-refractivity contribution in [2.24, 2.45) is 35.5 Å². The Kier molecular flexibility index (Phi) is 9.86. The molecule has 3 aliphatic carbocycles. The molecule has 2 fully saturated rings. The monoisotopic (exact) mass is 484 g/mol. The Labute approximate surface area is 212 Å². The number of aryl methyl sites for hydroxylation is 1. The molecule has 1 nitrogen and oxygen atoms in total. The lowest BCUT2D eigenvalue weighted by Crippen LogP contribution is -2.25. The second-order valence-electron chi connectivity index (χ2n) is 11.5. The van der Waals surface area contributed by atoms with Gasteiger partial charge < -0.3 is 4.74 Å². The fourth-order valence-corrected chi connectivity index (χ4v) is 6.72. The summed E-state index contributed by atoms with van der Waals surface area (Å²) in [6.45, 7) is 4.72. The van der Waals surface area contributed by atoms with E-state index in [1.54, 1.807) is 12.1 Å². The van der Waals surface area contributed by atoms with E-state index >= 15 is 0 Å². The molecule has 194 valence electrons. The highest BCUT2D eigenvalue weighted by atomic mass is 19.2. The number of rotatable bonds is 9. The highest BCUT2D eigenvalue weighted by Gasteiger charge is 2.30. The van der Waals surface area contributed by atoms with Crippen molar-refractivity contribution in [2.75, 3.05) is 6.61 Å². The first-order valence-corrected chi connectivity index (χ1v) is 14.5. The largest absolute Gasteiger partial charge is 0.490 e. The van der Waals surface area contributed by atoms with Gasteiger partial charge in [0.05, 0.1) is 6.61 Å². The van der Waals surface area contributed by atoms with Crippen molar-refractivity contribution >= 4 is 0 Å². The zero-order chi connectivity index (χ0) is 24.6. The van der Waals surface area contributed by atoms with Crippen molar-refractivity contribution in [1.82, 2.24) is 0 Å². The lowest BCUT2D eigenvalue weighted by Gasteiger charge is -2.37. The lowest BCUT2D eigenvalue weighted by molar-refractivity contribution is 0.154. The molecule has 0 aliphatic heterocycles. The average Bonchev–Trinajstić information content (AvgIpc) is 2.91. The van der Waals surface area contributed by atoms with Gasteiger partial charge in [0, 0.05) is 5.92 Å². The minimum atomic E-state index is -0.847. The Hall–Kier alpha value is -1.64. The molecule has 2 saturated carbocycles. The van der Waals surface area contributed by atoms with E-state index in [1.165, 1.54) is 57.8 Å².